The zero-order chi connectivity index (χ0) is 14.2. The molecule has 1 aliphatic heterocycles. The Morgan fingerprint density at radius 2 is 1.86 bits per heavy atom. The fourth-order valence-electron chi connectivity index (χ4n) is 2.68. The molecule has 0 radical (unpaired) electrons. The number of H-pyrrole nitrogens is 1. The van der Waals surface area contributed by atoms with Crippen LogP contribution in [0.5, 0.6) is 0 Å². The first-order valence-corrected chi connectivity index (χ1v) is 7.85. The van der Waals surface area contributed by atoms with Crippen molar-refractivity contribution < 1.29 is 4.79 Å². The van der Waals surface area contributed by atoms with Crippen molar-refractivity contribution in [3.05, 3.63) is 71.4 Å². The highest BCUT2D eigenvalue weighted by atomic mass is 32.2. The number of nitrogens with one attached hydrogen (secondary N) is 1. The Morgan fingerprint density at radius 1 is 1.05 bits per heavy atom. The third-order valence-corrected chi connectivity index (χ3v) is 4.88. The molecular formula is C18H13NOS. The molecule has 1 N–H and O–H groups in total. The summed E-state index contributed by atoms with van der Waals surface area (Å²) in [6, 6.07) is 16.0. The van der Waals surface area contributed by atoms with Crippen molar-refractivity contribution in [1.82, 2.24) is 4.98 Å². The molecule has 3 aromatic rings. The van der Waals surface area contributed by atoms with Crippen molar-refractivity contribution in [3.63, 3.8) is 0 Å². The summed E-state index contributed by atoms with van der Waals surface area (Å²) in [5.74, 6) is 0.879. The molecule has 0 unspecified atom stereocenters. The summed E-state index contributed by atoms with van der Waals surface area (Å²) in [6.07, 6.45) is 3.99. The zero-order valence-corrected chi connectivity index (χ0v) is 12.1. The van der Waals surface area contributed by atoms with E-state index in [1.54, 1.807) is 11.8 Å². The largest absolute Gasteiger partial charge is 0.361 e. The number of Topliss-reactive ketones (excluding diaryl/α,β-unsaturated/α-hetero) is 1. The van der Waals surface area contributed by atoms with Crippen LogP contribution in [0.4, 0.5) is 0 Å². The van der Waals surface area contributed by atoms with E-state index in [1.165, 1.54) is 0 Å². The van der Waals surface area contributed by atoms with Crippen LogP contribution in [0.15, 0.2) is 65.2 Å². The van der Waals surface area contributed by atoms with E-state index in [2.05, 4.69) is 11.1 Å². The lowest BCUT2D eigenvalue weighted by atomic mass is 10.0. The summed E-state index contributed by atoms with van der Waals surface area (Å²) >= 11 is 1.73. The van der Waals surface area contributed by atoms with Gasteiger partial charge in [0.1, 0.15) is 0 Å². The molecule has 0 aliphatic carbocycles. The number of thioether (sulfide) groups is 1. The third kappa shape index (κ3) is 2.10. The Bertz CT molecular complexity index is 876. The maximum Gasteiger partial charge on any atom is 0.191 e. The van der Waals surface area contributed by atoms with Crippen LogP contribution in [-0.2, 0) is 0 Å². The number of fused-ring (bicyclic) bond motifs is 2. The van der Waals surface area contributed by atoms with Gasteiger partial charge in [-0.25, -0.2) is 0 Å². The van der Waals surface area contributed by atoms with Crippen LogP contribution in [0.3, 0.4) is 0 Å². The van der Waals surface area contributed by atoms with Gasteiger partial charge in [0.2, 0.25) is 0 Å². The second-order valence-electron chi connectivity index (χ2n) is 5.07. The van der Waals surface area contributed by atoms with Crippen LogP contribution >= 0.6 is 11.8 Å². The number of hydrogen-bond donors (Lipinski definition) is 1. The minimum absolute atomic E-state index is 0.148. The molecule has 2 nitrogen and oxygen atoms in total. The van der Waals surface area contributed by atoms with Crippen LogP contribution in [-0.4, -0.2) is 16.5 Å². The van der Waals surface area contributed by atoms with E-state index >= 15 is 0 Å². The normalized spacial score (nSPS) is 16.4. The van der Waals surface area contributed by atoms with E-state index in [0.29, 0.717) is 0 Å². The van der Waals surface area contributed by atoms with E-state index in [1.807, 2.05) is 54.7 Å². The number of aromatic nitrogens is 1. The number of para-hydroxylation sites is 1. The highest BCUT2D eigenvalue weighted by Crippen LogP contribution is 2.33. The Kier molecular flexibility index (Phi) is 2.93. The number of ketones is 1. The van der Waals surface area contributed by atoms with E-state index in [4.69, 9.17) is 0 Å². The van der Waals surface area contributed by atoms with Gasteiger partial charge in [-0.05, 0) is 24.3 Å². The molecule has 102 valence electrons. The molecule has 1 aliphatic rings. The Hall–Kier alpha value is -2.26. The van der Waals surface area contributed by atoms with Crippen LogP contribution in [0.1, 0.15) is 15.9 Å². The monoisotopic (exact) mass is 291 g/mol. The lowest BCUT2D eigenvalue weighted by Crippen LogP contribution is -2.11. The quantitative estimate of drug-likeness (QED) is 0.668. The molecule has 3 heteroatoms. The number of rotatable bonds is 1. The van der Waals surface area contributed by atoms with Gasteiger partial charge in [-0.3, -0.25) is 4.79 Å². The van der Waals surface area contributed by atoms with Gasteiger partial charge in [0.05, 0.1) is 0 Å². The predicted molar refractivity (Wildman–Crippen MR) is 87.8 cm³/mol. The molecule has 0 bridgehead atoms. The molecule has 0 amide bonds. The standard InChI is InChI=1S/C18H13NOS/c20-18-13(11-21-17-8-4-2-6-15(17)18)9-12-10-19-16-7-3-1-5-14(12)16/h1-10,19H,11H2/b13-9-. The summed E-state index contributed by atoms with van der Waals surface area (Å²) in [4.78, 5) is 16.9. The Morgan fingerprint density at radius 3 is 2.81 bits per heavy atom. The van der Waals surface area contributed by atoms with E-state index in [9.17, 15) is 4.79 Å². The zero-order valence-electron chi connectivity index (χ0n) is 11.3. The van der Waals surface area contributed by atoms with Gasteiger partial charge in [0.15, 0.2) is 5.78 Å². The molecule has 0 fully saturated rings. The minimum Gasteiger partial charge on any atom is -0.361 e. The highest BCUT2D eigenvalue weighted by molar-refractivity contribution is 7.99. The first kappa shape index (κ1) is 12.5. The van der Waals surface area contributed by atoms with Crippen molar-refractivity contribution in [2.75, 3.05) is 5.75 Å². The lowest BCUT2D eigenvalue weighted by Gasteiger charge is -2.16. The summed E-state index contributed by atoms with van der Waals surface area (Å²) in [6.45, 7) is 0. The first-order chi connectivity index (χ1) is 10.3. The maximum absolute atomic E-state index is 12.6. The fourth-order valence-corrected chi connectivity index (χ4v) is 3.70. The molecule has 1 aromatic heterocycles. The molecule has 4 rings (SSSR count). The van der Waals surface area contributed by atoms with Crippen LogP contribution < -0.4 is 0 Å². The van der Waals surface area contributed by atoms with Crippen molar-refractivity contribution in [2.24, 2.45) is 0 Å². The van der Waals surface area contributed by atoms with Crippen molar-refractivity contribution >= 4 is 34.5 Å². The molecule has 21 heavy (non-hydrogen) atoms. The Balaban J connectivity index is 1.79. The number of carbonyl (C=O) groups excluding carboxylic acids is 1. The van der Waals surface area contributed by atoms with Gasteiger partial charge in [0.25, 0.3) is 0 Å². The van der Waals surface area contributed by atoms with E-state index in [-0.39, 0.29) is 5.78 Å². The van der Waals surface area contributed by atoms with E-state index in [0.717, 1.165) is 38.3 Å². The third-order valence-electron chi connectivity index (χ3n) is 3.76. The number of hydrogen-bond acceptors (Lipinski definition) is 2. The molecular weight excluding hydrogens is 278 g/mol. The second kappa shape index (κ2) is 4.93. The SMILES string of the molecule is O=C1/C(=C\c2c[nH]c3ccccc23)CSc2ccccc21. The number of benzene rings is 2. The van der Waals surface area contributed by atoms with Gasteiger partial charge in [-0.15, -0.1) is 11.8 Å². The summed E-state index contributed by atoms with van der Waals surface area (Å²) in [5, 5.41) is 1.15. The number of carbonyl (C=O) groups is 1. The maximum atomic E-state index is 12.6. The molecule has 0 spiro atoms. The second-order valence-corrected chi connectivity index (χ2v) is 6.09. The topological polar surface area (TPSA) is 32.9 Å². The van der Waals surface area contributed by atoms with Crippen molar-refractivity contribution in [2.45, 2.75) is 4.90 Å². The molecule has 0 atom stereocenters. The summed E-state index contributed by atoms with van der Waals surface area (Å²) in [5.41, 5.74) is 3.86. The van der Waals surface area contributed by atoms with Gasteiger partial charge in [-0.1, -0.05) is 30.3 Å². The van der Waals surface area contributed by atoms with Crippen molar-refractivity contribution in [3.8, 4) is 0 Å². The molecule has 0 saturated heterocycles. The first-order valence-electron chi connectivity index (χ1n) is 6.86. The van der Waals surface area contributed by atoms with Crippen LogP contribution in [0, 0.1) is 0 Å². The van der Waals surface area contributed by atoms with Gasteiger partial charge in [-0.2, -0.15) is 0 Å². The van der Waals surface area contributed by atoms with Crippen molar-refractivity contribution in [1.29, 1.82) is 0 Å². The minimum atomic E-state index is 0.148. The average molecular weight is 291 g/mol. The van der Waals surface area contributed by atoms with E-state index < -0.39 is 0 Å². The van der Waals surface area contributed by atoms with Crippen LogP contribution in [0.25, 0.3) is 17.0 Å². The number of aromatic amines is 1. The van der Waals surface area contributed by atoms with Crippen LogP contribution in [0.2, 0.25) is 0 Å². The van der Waals surface area contributed by atoms with Gasteiger partial charge in [0, 0.05) is 44.4 Å². The summed E-state index contributed by atoms with van der Waals surface area (Å²) < 4.78 is 0. The molecule has 2 aromatic carbocycles. The smallest absolute Gasteiger partial charge is 0.191 e. The lowest BCUT2D eigenvalue weighted by molar-refractivity contribution is 0.103. The fraction of sp³-hybridized carbons (Fsp3) is 0.0556. The summed E-state index contributed by atoms with van der Waals surface area (Å²) in [7, 11) is 0. The average Bonchev–Trinajstić information content (AvgIpc) is 2.94. The van der Waals surface area contributed by atoms with Gasteiger partial charge >= 0.3 is 0 Å². The predicted octanol–water partition coefficient (Wildman–Crippen LogP) is 4.54. The Labute approximate surface area is 126 Å². The molecule has 2 heterocycles. The van der Waals surface area contributed by atoms with Gasteiger partial charge < -0.3 is 4.98 Å². The highest BCUT2D eigenvalue weighted by Gasteiger charge is 2.22. The molecule has 0 saturated carbocycles.